The van der Waals surface area contributed by atoms with Crippen LogP contribution in [0.5, 0.6) is 0 Å². The number of ether oxygens (including phenoxy) is 3. The number of thioether (sulfide) groups is 2. The Labute approximate surface area is 177 Å². The minimum absolute atomic E-state index is 0.226. The molecule has 0 radical (unpaired) electrons. The van der Waals surface area contributed by atoms with E-state index in [0.29, 0.717) is 5.75 Å². The molecule has 0 N–H and O–H groups in total. The van der Waals surface area contributed by atoms with Crippen LogP contribution >= 0.6 is 23.5 Å². The predicted octanol–water partition coefficient (Wildman–Crippen LogP) is 3.80. The van der Waals surface area contributed by atoms with Gasteiger partial charge in [-0.25, -0.2) is 0 Å². The number of hydrogen-bond donors (Lipinski definition) is 0. The van der Waals surface area contributed by atoms with Gasteiger partial charge in [0, 0.05) is 31.4 Å². The van der Waals surface area contributed by atoms with Gasteiger partial charge in [0.2, 0.25) is 0 Å². The van der Waals surface area contributed by atoms with E-state index in [1.807, 2.05) is 36.4 Å². The Kier molecular flexibility index (Phi) is 7.08. The second-order valence-corrected chi connectivity index (χ2v) is 9.31. The van der Waals surface area contributed by atoms with Crippen LogP contribution in [0.3, 0.4) is 0 Å². The van der Waals surface area contributed by atoms with Crippen molar-refractivity contribution in [1.29, 1.82) is 0 Å². The largest absolute Gasteiger partial charge is 0.458 e. The molecule has 0 saturated carbocycles. The summed E-state index contributed by atoms with van der Waals surface area (Å²) in [4.78, 5) is 35.9. The van der Waals surface area contributed by atoms with Crippen LogP contribution in [-0.2, 0) is 28.6 Å². The third-order valence-corrected chi connectivity index (χ3v) is 7.12. The van der Waals surface area contributed by atoms with Gasteiger partial charge in [-0.1, -0.05) is 30.3 Å². The highest BCUT2D eigenvalue weighted by atomic mass is 32.2. The normalized spacial score (nSPS) is 24.0. The summed E-state index contributed by atoms with van der Waals surface area (Å²) in [6.45, 7) is 3.89. The third-order valence-electron chi connectivity index (χ3n) is 4.28. The summed E-state index contributed by atoms with van der Waals surface area (Å²) in [6, 6.07) is 14.2. The van der Waals surface area contributed by atoms with Gasteiger partial charge in [-0.15, -0.1) is 23.5 Å². The first-order valence-electron chi connectivity index (χ1n) is 9.12. The Balaban J connectivity index is 1.87. The SMILES string of the molecule is CC(=O)O[C@@H]1[C@@H](OC(C)=O)[C@H](Sc2ccc3ccccc3c2)SC[C@H]1OC(C)=O. The van der Waals surface area contributed by atoms with E-state index in [-0.39, 0.29) is 4.58 Å². The molecule has 0 spiro atoms. The third kappa shape index (κ3) is 5.67. The van der Waals surface area contributed by atoms with E-state index >= 15 is 0 Å². The van der Waals surface area contributed by atoms with Crippen molar-refractivity contribution in [2.24, 2.45) is 0 Å². The van der Waals surface area contributed by atoms with Gasteiger partial charge in [-0.05, 0) is 22.9 Å². The maximum absolute atomic E-state index is 11.8. The Bertz CT molecular complexity index is 915. The zero-order valence-electron chi connectivity index (χ0n) is 16.3. The molecular weight excluding hydrogens is 412 g/mol. The molecule has 1 saturated heterocycles. The maximum atomic E-state index is 11.8. The molecule has 154 valence electrons. The number of carbonyl (C=O) groups excluding carboxylic acids is 3. The van der Waals surface area contributed by atoms with Gasteiger partial charge in [0.15, 0.2) is 18.3 Å². The average Bonchev–Trinajstić information content (AvgIpc) is 2.65. The first kappa shape index (κ1) is 21.5. The lowest BCUT2D eigenvalue weighted by Gasteiger charge is -2.39. The van der Waals surface area contributed by atoms with Crippen molar-refractivity contribution in [3.05, 3.63) is 42.5 Å². The van der Waals surface area contributed by atoms with Gasteiger partial charge < -0.3 is 14.2 Å². The van der Waals surface area contributed by atoms with Gasteiger partial charge in [0.05, 0.1) is 4.58 Å². The van der Waals surface area contributed by atoms with Crippen molar-refractivity contribution in [2.45, 2.75) is 48.6 Å². The van der Waals surface area contributed by atoms with Gasteiger partial charge in [-0.3, -0.25) is 14.4 Å². The predicted molar refractivity (Wildman–Crippen MR) is 113 cm³/mol. The van der Waals surface area contributed by atoms with E-state index in [2.05, 4.69) is 6.07 Å². The second-order valence-electron chi connectivity index (χ2n) is 6.62. The lowest BCUT2D eigenvalue weighted by molar-refractivity contribution is -0.180. The molecule has 1 aliphatic rings. The average molecular weight is 435 g/mol. The lowest BCUT2D eigenvalue weighted by Crippen LogP contribution is -2.53. The van der Waals surface area contributed by atoms with E-state index < -0.39 is 36.2 Å². The molecule has 1 aliphatic heterocycles. The summed E-state index contributed by atoms with van der Waals surface area (Å²) in [5.74, 6) is -1.05. The van der Waals surface area contributed by atoms with E-state index in [4.69, 9.17) is 14.2 Å². The lowest BCUT2D eigenvalue weighted by atomic mass is 10.1. The van der Waals surface area contributed by atoms with Gasteiger partial charge in [-0.2, -0.15) is 0 Å². The molecule has 0 aromatic heterocycles. The molecule has 2 aromatic rings. The van der Waals surface area contributed by atoms with Crippen molar-refractivity contribution < 1.29 is 28.6 Å². The molecule has 3 rings (SSSR count). The van der Waals surface area contributed by atoms with Crippen LogP contribution in [0.2, 0.25) is 0 Å². The molecule has 6 nitrogen and oxygen atoms in total. The van der Waals surface area contributed by atoms with Crippen molar-refractivity contribution in [3.8, 4) is 0 Å². The molecule has 1 heterocycles. The topological polar surface area (TPSA) is 78.9 Å². The Hall–Kier alpha value is -2.19. The van der Waals surface area contributed by atoms with Crippen LogP contribution in [0.4, 0.5) is 0 Å². The summed E-state index contributed by atoms with van der Waals surface area (Å²) < 4.78 is 16.1. The van der Waals surface area contributed by atoms with Crippen LogP contribution in [-0.4, -0.2) is 46.6 Å². The molecule has 0 amide bonds. The van der Waals surface area contributed by atoms with Crippen molar-refractivity contribution in [1.82, 2.24) is 0 Å². The molecule has 2 aromatic carbocycles. The standard InChI is InChI=1S/C21H22O6S2/c1-12(22)25-18-11-28-21(20(27-14(3)24)19(18)26-13(2)23)29-17-9-8-15-6-4-5-7-16(15)10-17/h4-10,18-21H,11H2,1-3H3/t18-,19+,20-,21+/m1/s1. The monoisotopic (exact) mass is 434 g/mol. The highest BCUT2D eigenvalue weighted by Crippen LogP contribution is 2.42. The van der Waals surface area contributed by atoms with Crippen molar-refractivity contribution in [2.75, 3.05) is 5.75 Å². The van der Waals surface area contributed by atoms with Crippen LogP contribution < -0.4 is 0 Å². The Morgan fingerprint density at radius 3 is 2.14 bits per heavy atom. The molecule has 0 unspecified atom stereocenters. The van der Waals surface area contributed by atoms with Gasteiger partial charge in [0.25, 0.3) is 0 Å². The number of fused-ring (bicyclic) bond motifs is 1. The second kappa shape index (κ2) is 9.54. The minimum atomic E-state index is -0.862. The summed E-state index contributed by atoms with van der Waals surface area (Å²) in [5, 5.41) is 2.24. The molecule has 4 atom stereocenters. The molecule has 8 heteroatoms. The number of carbonyl (C=O) groups is 3. The number of esters is 3. The molecular formula is C21H22O6S2. The maximum Gasteiger partial charge on any atom is 0.303 e. The molecule has 29 heavy (non-hydrogen) atoms. The van der Waals surface area contributed by atoms with Crippen LogP contribution in [0.1, 0.15) is 20.8 Å². The minimum Gasteiger partial charge on any atom is -0.458 e. The smallest absolute Gasteiger partial charge is 0.303 e. The van der Waals surface area contributed by atoms with E-state index in [1.165, 1.54) is 44.3 Å². The van der Waals surface area contributed by atoms with E-state index in [0.717, 1.165) is 15.7 Å². The number of rotatable bonds is 5. The van der Waals surface area contributed by atoms with Gasteiger partial charge >= 0.3 is 17.9 Å². The summed E-state index contributed by atoms with van der Waals surface area (Å²) >= 11 is 3.05. The van der Waals surface area contributed by atoms with E-state index in [9.17, 15) is 14.4 Å². The Morgan fingerprint density at radius 2 is 1.48 bits per heavy atom. The molecule has 1 fully saturated rings. The summed E-state index contributed by atoms with van der Waals surface area (Å²) in [6.07, 6.45) is -2.30. The van der Waals surface area contributed by atoms with Crippen LogP contribution in [0, 0.1) is 0 Å². The first-order valence-corrected chi connectivity index (χ1v) is 11.0. The first-order chi connectivity index (χ1) is 13.8. The fourth-order valence-corrected chi connectivity index (χ4v) is 6.02. The van der Waals surface area contributed by atoms with Crippen LogP contribution in [0.25, 0.3) is 10.8 Å². The van der Waals surface area contributed by atoms with Crippen molar-refractivity contribution >= 4 is 52.2 Å². The molecule has 0 aliphatic carbocycles. The molecule has 0 bridgehead atoms. The number of hydrogen-bond acceptors (Lipinski definition) is 8. The van der Waals surface area contributed by atoms with Crippen LogP contribution in [0.15, 0.2) is 47.4 Å². The van der Waals surface area contributed by atoms with Crippen molar-refractivity contribution in [3.63, 3.8) is 0 Å². The quantitative estimate of drug-likeness (QED) is 0.519. The summed E-state index contributed by atoms with van der Waals surface area (Å²) in [7, 11) is 0. The highest BCUT2D eigenvalue weighted by molar-refractivity contribution is 8.17. The fraction of sp³-hybridized carbons (Fsp3) is 0.381. The summed E-state index contributed by atoms with van der Waals surface area (Å²) in [5.41, 5.74) is 0. The van der Waals surface area contributed by atoms with E-state index in [1.54, 1.807) is 0 Å². The van der Waals surface area contributed by atoms with Gasteiger partial charge in [0.1, 0.15) is 0 Å². The zero-order valence-corrected chi connectivity index (χ0v) is 18.0. The fourth-order valence-electron chi connectivity index (χ4n) is 3.18. The Morgan fingerprint density at radius 1 is 0.862 bits per heavy atom. The number of benzene rings is 2. The highest BCUT2D eigenvalue weighted by Gasteiger charge is 2.46. The zero-order chi connectivity index (χ0) is 21.0.